The van der Waals surface area contributed by atoms with Gasteiger partial charge in [0, 0.05) is 45.5 Å². The molecule has 1 aliphatic rings. The predicted octanol–water partition coefficient (Wildman–Crippen LogP) is 4.15. The smallest absolute Gasteiger partial charge is 0.255 e. The maximum atomic E-state index is 12.7. The Kier molecular flexibility index (Phi) is 8.25. The number of piperazine rings is 1. The van der Waals surface area contributed by atoms with E-state index in [9.17, 15) is 4.79 Å². The number of rotatable bonds is 9. The topological polar surface area (TPSA) is 48.5 Å². The van der Waals surface area contributed by atoms with Crippen molar-refractivity contribution in [3.05, 3.63) is 65.9 Å². The maximum Gasteiger partial charge on any atom is 0.255 e. The molecule has 1 aliphatic heterocycles. The summed E-state index contributed by atoms with van der Waals surface area (Å²) in [5, 5.41) is 3.31. The molecule has 1 aromatic heterocycles. The molecule has 1 amide bonds. The van der Waals surface area contributed by atoms with Crippen LogP contribution in [0.25, 0.3) is 6.08 Å². The quantitative estimate of drug-likeness (QED) is 0.651. The molecule has 29 heavy (non-hydrogen) atoms. The van der Waals surface area contributed by atoms with Gasteiger partial charge in [0.2, 0.25) is 0 Å². The van der Waals surface area contributed by atoms with Crippen LogP contribution in [0.2, 0.25) is 0 Å². The number of nitrogens with zero attached hydrogens (tertiary/aromatic N) is 3. The Morgan fingerprint density at radius 1 is 1.07 bits per heavy atom. The van der Waals surface area contributed by atoms with Gasteiger partial charge in [0.1, 0.15) is 5.82 Å². The highest BCUT2D eigenvalue weighted by molar-refractivity contribution is 5.94. The number of nitrogens with one attached hydrogen (secondary N) is 1. The average molecular weight is 393 g/mol. The van der Waals surface area contributed by atoms with E-state index < -0.39 is 0 Å². The number of anilines is 1. The fourth-order valence-electron chi connectivity index (χ4n) is 3.43. The average Bonchev–Trinajstić information content (AvgIpc) is 2.78. The van der Waals surface area contributed by atoms with Crippen molar-refractivity contribution in [2.45, 2.75) is 26.2 Å². The summed E-state index contributed by atoms with van der Waals surface area (Å²) in [6.45, 7) is 7.35. The maximum absolute atomic E-state index is 12.7. The first-order chi connectivity index (χ1) is 14.3. The Balaban J connectivity index is 1.42. The van der Waals surface area contributed by atoms with Gasteiger partial charge in [-0.3, -0.25) is 9.69 Å². The molecule has 0 saturated carbocycles. The summed E-state index contributed by atoms with van der Waals surface area (Å²) in [5.74, 6) is 0.919. The fraction of sp³-hybridized carbons (Fsp3) is 0.417. The number of aromatic nitrogens is 1. The second-order valence-corrected chi connectivity index (χ2v) is 7.47. The second kappa shape index (κ2) is 11.4. The van der Waals surface area contributed by atoms with Gasteiger partial charge in [-0.2, -0.15) is 0 Å². The minimum absolute atomic E-state index is 0.0783. The lowest BCUT2D eigenvalue weighted by Gasteiger charge is -2.34. The molecule has 1 N–H and O–H groups in total. The van der Waals surface area contributed by atoms with E-state index >= 15 is 0 Å². The molecule has 154 valence electrons. The number of hydrogen-bond acceptors (Lipinski definition) is 4. The molecule has 5 nitrogen and oxygen atoms in total. The molecule has 0 bridgehead atoms. The van der Waals surface area contributed by atoms with Gasteiger partial charge in [-0.15, -0.1) is 0 Å². The number of hydrogen-bond donors (Lipinski definition) is 1. The third-order valence-corrected chi connectivity index (χ3v) is 5.23. The molecular weight excluding hydrogens is 360 g/mol. The second-order valence-electron chi connectivity index (χ2n) is 7.47. The van der Waals surface area contributed by atoms with Crippen LogP contribution in [0.4, 0.5) is 5.82 Å². The Morgan fingerprint density at radius 3 is 2.55 bits per heavy atom. The molecule has 0 spiro atoms. The molecule has 0 unspecified atom stereocenters. The van der Waals surface area contributed by atoms with E-state index in [1.54, 1.807) is 6.20 Å². The van der Waals surface area contributed by atoms with Crippen molar-refractivity contribution >= 4 is 17.8 Å². The number of carbonyl (C=O) groups excluding carboxylic acids is 1. The third-order valence-electron chi connectivity index (χ3n) is 5.23. The molecule has 2 heterocycles. The molecule has 5 heteroatoms. The van der Waals surface area contributed by atoms with Crippen LogP contribution in [0.3, 0.4) is 0 Å². The van der Waals surface area contributed by atoms with Crippen LogP contribution in [0, 0.1) is 0 Å². The van der Waals surface area contributed by atoms with Crippen molar-refractivity contribution in [2.24, 2.45) is 0 Å². The molecule has 0 radical (unpaired) electrons. The van der Waals surface area contributed by atoms with Gasteiger partial charge >= 0.3 is 0 Å². The summed E-state index contributed by atoms with van der Waals surface area (Å²) in [6, 6.07) is 14.1. The zero-order valence-electron chi connectivity index (χ0n) is 17.4. The van der Waals surface area contributed by atoms with Crippen molar-refractivity contribution in [2.75, 3.05) is 44.6 Å². The minimum atomic E-state index is 0.0783. The number of pyridine rings is 1. The molecular formula is C24H32N4O. The first kappa shape index (κ1) is 21.1. The van der Waals surface area contributed by atoms with Gasteiger partial charge in [-0.05, 0) is 24.1 Å². The highest BCUT2D eigenvalue weighted by Crippen LogP contribution is 2.11. The normalized spacial score (nSPS) is 15.0. The van der Waals surface area contributed by atoms with E-state index in [1.807, 2.05) is 35.2 Å². The first-order valence-electron chi connectivity index (χ1n) is 10.7. The van der Waals surface area contributed by atoms with Crippen LogP contribution >= 0.6 is 0 Å². The van der Waals surface area contributed by atoms with Crippen LogP contribution in [0.5, 0.6) is 0 Å². The largest absolute Gasteiger partial charge is 0.370 e. The van der Waals surface area contributed by atoms with Crippen molar-refractivity contribution in [3.63, 3.8) is 0 Å². The highest BCUT2D eigenvalue weighted by atomic mass is 16.2. The van der Waals surface area contributed by atoms with Gasteiger partial charge in [-0.25, -0.2) is 4.98 Å². The number of amides is 1. The van der Waals surface area contributed by atoms with Gasteiger partial charge in [0.15, 0.2) is 0 Å². The lowest BCUT2D eigenvalue weighted by Crippen LogP contribution is -2.48. The van der Waals surface area contributed by atoms with Gasteiger partial charge in [-0.1, -0.05) is 62.2 Å². The first-order valence-corrected chi connectivity index (χ1v) is 10.7. The van der Waals surface area contributed by atoms with E-state index in [0.717, 1.165) is 51.5 Å². The Morgan fingerprint density at radius 2 is 1.86 bits per heavy atom. The fourth-order valence-corrected chi connectivity index (χ4v) is 3.43. The van der Waals surface area contributed by atoms with Crippen molar-refractivity contribution in [1.29, 1.82) is 0 Å². The Labute approximate surface area is 174 Å². The molecule has 1 saturated heterocycles. The number of carbonyl (C=O) groups is 1. The van der Waals surface area contributed by atoms with Gasteiger partial charge in [0.25, 0.3) is 5.91 Å². The van der Waals surface area contributed by atoms with Gasteiger partial charge in [0.05, 0.1) is 5.56 Å². The molecule has 1 fully saturated rings. The summed E-state index contributed by atoms with van der Waals surface area (Å²) in [6.07, 6.45) is 9.61. The van der Waals surface area contributed by atoms with E-state index in [2.05, 4.69) is 46.4 Å². The van der Waals surface area contributed by atoms with Crippen LogP contribution in [0.1, 0.15) is 42.1 Å². The monoisotopic (exact) mass is 392 g/mol. The van der Waals surface area contributed by atoms with Gasteiger partial charge < -0.3 is 10.2 Å². The van der Waals surface area contributed by atoms with Crippen molar-refractivity contribution in [3.8, 4) is 0 Å². The summed E-state index contributed by atoms with van der Waals surface area (Å²) < 4.78 is 0. The molecule has 2 aromatic rings. The SMILES string of the molecule is CCCCCNc1ccc(C(=O)N2CCN(C/C=C/c3ccccc3)CC2)cn1. The molecule has 0 atom stereocenters. The Bertz CT molecular complexity index is 765. The van der Waals surface area contributed by atoms with Crippen LogP contribution < -0.4 is 5.32 Å². The Hall–Kier alpha value is -2.66. The lowest BCUT2D eigenvalue weighted by atomic mass is 10.2. The highest BCUT2D eigenvalue weighted by Gasteiger charge is 2.21. The van der Waals surface area contributed by atoms with Crippen LogP contribution in [-0.4, -0.2) is 60.0 Å². The zero-order valence-corrected chi connectivity index (χ0v) is 17.4. The van der Waals surface area contributed by atoms with Crippen molar-refractivity contribution in [1.82, 2.24) is 14.8 Å². The van der Waals surface area contributed by atoms with E-state index in [4.69, 9.17) is 0 Å². The molecule has 3 rings (SSSR count). The minimum Gasteiger partial charge on any atom is -0.370 e. The van der Waals surface area contributed by atoms with Crippen LogP contribution in [0.15, 0.2) is 54.7 Å². The summed E-state index contributed by atoms with van der Waals surface area (Å²) >= 11 is 0. The van der Waals surface area contributed by atoms with E-state index in [-0.39, 0.29) is 5.91 Å². The molecule has 1 aromatic carbocycles. The summed E-state index contributed by atoms with van der Waals surface area (Å²) in [5.41, 5.74) is 1.89. The number of benzene rings is 1. The van der Waals surface area contributed by atoms with E-state index in [0.29, 0.717) is 5.56 Å². The lowest BCUT2D eigenvalue weighted by molar-refractivity contribution is 0.0650. The predicted molar refractivity (Wildman–Crippen MR) is 120 cm³/mol. The standard InChI is InChI=1S/C24H32N4O/c1-2-3-7-14-25-23-13-12-22(20-26-23)24(29)28-18-16-27(17-19-28)15-8-11-21-9-5-4-6-10-21/h4-6,8-13,20H,2-3,7,14-19H2,1H3,(H,25,26)/b11-8+. The summed E-state index contributed by atoms with van der Waals surface area (Å²) in [7, 11) is 0. The third kappa shape index (κ3) is 6.71. The summed E-state index contributed by atoms with van der Waals surface area (Å²) in [4.78, 5) is 21.5. The van der Waals surface area contributed by atoms with Crippen LogP contribution in [-0.2, 0) is 0 Å². The molecule has 0 aliphatic carbocycles. The zero-order chi connectivity index (χ0) is 20.3. The number of unbranched alkanes of at least 4 members (excludes halogenated alkanes) is 2. The van der Waals surface area contributed by atoms with Crippen molar-refractivity contribution < 1.29 is 4.79 Å². The van der Waals surface area contributed by atoms with E-state index in [1.165, 1.54) is 18.4 Å².